The summed E-state index contributed by atoms with van der Waals surface area (Å²) in [7, 11) is 0. The molecule has 1 unspecified atom stereocenters. The van der Waals surface area contributed by atoms with Crippen molar-refractivity contribution in [3.8, 4) is 0 Å². The Labute approximate surface area is 111 Å². The van der Waals surface area contributed by atoms with Crippen molar-refractivity contribution >= 4 is 11.4 Å². The van der Waals surface area contributed by atoms with E-state index in [9.17, 15) is 4.79 Å². The van der Waals surface area contributed by atoms with Gasteiger partial charge in [-0.05, 0) is 24.0 Å². The number of benzene rings is 1. The van der Waals surface area contributed by atoms with Crippen molar-refractivity contribution in [1.29, 1.82) is 0 Å². The fourth-order valence-corrected chi connectivity index (χ4v) is 2.77. The van der Waals surface area contributed by atoms with Gasteiger partial charge in [-0.25, -0.2) is 0 Å². The molecule has 0 aromatic heterocycles. The van der Waals surface area contributed by atoms with Crippen LogP contribution in [0.4, 0.5) is 0 Å². The van der Waals surface area contributed by atoms with E-state index in [0.29, 0.717) is 12.4 Å². The molecule has 0 bridgehead atoms. The second kappa shape index (κ2) is 4.07. The molecule has 0 spiro atoms. The van der Waals surface area contributed by atoms with Crippen LogP contribution in [0.3, 0.4) is 0 Å². The number of carbonyl (C=O) groups is 1. The van der Waals surface area contributed by atoms with Crippen LogP contribution in [-0.4, -0.2) is 25.1 Å². The van der Waals surface area contributed by atoms with Crippen LogP contribution in [0.25, 0.3) is 5.57 Å². The maximum Gasteiger partial charge on any atom is 0.190 e. The predicted octanol–water partition coefficient (Wildman–Crippen LogP) is 2.51. The van der Waals surface area contributed by atoms with Crippen molar-refractivity contribution in [2.75, 3.05) is 13.2 Å². The van der Waals surface area contributed by atoms with Crippen LogP contribution in [0.2, 0.25) is 0 Å². The molecule has 3 nitrogen and oxygen atoms in total. The summed E-state index contributed by atoms with van der Waals surface area (Å²) in [6.45, 7) is 1.30. The van der Waals surface area contributed by atoms with E-state index in [1.807, 2.05) is 12.1 Å². The lowest BCUT2D eigenvalue weighted by Crippen LogP contribution is -2.16. The van der Waals surface area contributed by atoms with E-state index in [2.05, 4.69) is 12.1 Å². The number of carbonyl (C=O) groups excluding carboxylic acids is 1. The van der Waals surface area contributed by atoms with Gasteiger partial charge in [-0.2, -0.15) is 0 Å². The molecule has 2 aliphatic carbocycles. The number of ketones is 1. The Morgan fingerprint density at radius 2 is 2.26 bits per heavy atom. The van der Waals surface area contributed by atoms with Crippen molar-refractivity contribution < 1.29 is 14.3 Å². The zero-order valence-corrected chi connectivity index (χ0v) is 10.5. The average Bonchev–Trinajstić information content (AvgIpc) is 3.25. The molecule has 1 aromatic rings. The molecule has 1 fully saturated rings. The fraction of sp³-hybridized carbons (Fsp3) is 0.312. The molecule has 0 N–H and O–H groups in total. The van der Waals surface area contributed by atoms with Crippen LogP contribution in [-0.2, 0) is 15.9 Å². The van der Waals surface area contributed by atoms with Crippen LogP contribution in [0.1, 0.15) is 27.9 Å². The Hall–Kier alpha value is -1.87. The number of ether oxygens (including phenoxy) is 2. The standard InChI is InChI=1S/C16H14O3/c17-14-7-15(19-9-11-8-18-11)13-6-2-4-10-3-1-5-12(14)16(10)13/h1,3,5-7,11H,2,4,8-9H2. The summed E-state index contributed by atoms with van der Waals surface area (Å²) in [5.74, 6) is 0.753. The topological polar surface area (TPSA) is 38.8 Å². The Balaban J connectivity index is 1.75. The Kier molecular flexibility index (Phi) is 2.35. The van der Waals surface area contributed by atoms with Crippen LogP contribution < -0.4 is 0 Å². The van der Waals surface area contributed by atoms with Crippen molar-refractivity contribution in [3.05, 3.63) is 52.8 Å². The summed E-state index contributed by atoms with van der Waals surface area (Å²) in [6, 6.07) is 5.97. The SMILES string of the molecule is O=C1C=C(OCC2CO2)C2=CCCc3cccc1c32. The van der Waals surface area contributed by atoms with Gasteiger partial charge in [-0.1, -0.05) is 24.3 Å². The van der Waals surface area contributed by atoms with Crippen LogP contribution in [0.5, 0.6) is 0 Å². The van der Waals surface area contributed by atoms with E-state index in [1.165, 1.54) is 5.56 Å². The molecular formula is C16H14O3. The third kappa shape index (κ3) is 1.81. The molecule has 0 amide bonds. The number of hydrogen-bond acceptors (Lipinski definition) is 3. The molecule has 4 rings (SSSR count). The lowest BCUT2D eigenvalue weighted by Gasteiger charge is -2.25. The third-order valence-electron chi connectivity index (χ3n) is 3.80. The second-order valence-electron chi connectivity index (χ2n) is 5.14. The highest BCUT2D eigenvalue weighted by Crippen LogP contribution is 2.38. The van der Waals surface area contributed by atoms with Crippen molar-refractivity contribution in [2.45, 2.75) is 18.9 Å². The summed E-state index contributed by atoms with van der Waals surface area (Å²) < 4.78 is 10.9. The molecular weight excluding hydrogens is 240 g/mol. The largest absolute Gasteiger partial charge is 0.490 e. The van der Waals surface area contributed by atoms with Gasteiger partial charge in [0.15, 0.2) is 5.78 Å². The van der Waals surface area contributed by atoms with Gasteiger partial charge < -0.3 is 9.47 Å². The average molecular weight is 254 g/mol. The van der Waals surface area contributed by atoms with E-state index < -0.39 is 0 Å². The molecule has 1 atom stereocenters. The van der Waals surface area contributed by atoms with E-state index in [-0.39, 0.29) is 11.9 Å². The summed E-state index contributed by atoms with van der Waals surface area (Å²) in [4.78, 5) is 12.2. The smallest absolute Gasteiger partial charge is 0.190 e. The fourth-order valence-electron chi connectivity index (χ4n) is 2.77. The lowest BCUT2D eigenvalue weighted by molar-refractivity contribution is 0.103. The van der Waals surface area contributed by atoms with Gasteiger partial charge in [-0.3, -0.25) is 4.79 Å². The van der Waals surface area contributed by atoms with Gasteiger partial charge in [0.2, 0.25) is 0 Å². The molecule has 1 aromatic carbocycles. The lowest BCUT2D eigenvalue weighted by atomic mass is 9.82. The normalized spacial score (nSPS) is 23.4. The van der Waals surface area contributed by atoms with Gasteiger partial charge >= 0.3 is 0 Å². The quantitative estimate of drug-likeness (QED) is 0.778. The molecule has 19 heavy (non-hydrogen) atoms. The Bertz CT molecular complexity index is 621. The van der Waals surface area contributed by atoms with Gasteiger partial charge in [0.25, 0.3) is 0 Å². The first kappa shape index (κ1) is 11.0. The molecule has 0 radical (unpaired) electrons. The first-order valence-electron chi connectivity index (χ1n) is 6.66. The van der Waals surface area contributed by atoms with Gasteiger partial charge in [0, 0.05) is 17.2 Å². The van der Waals surface area contributed by atoms with Crippen molar-refractivity contribution in [2.24, 2.45) is 0 Å². The van der Waals surface area contributed by atoms with E-state index in [1.54, 1.807) is 6.08 Å². The maximum absolute atomic E-state index is 12.2. The zero-order valence-electron chi connectivity index (χ0n) is 10.5. The molecule has 0 saturated carbocycles. The number of allylic oxidation sites excluding steroid dienone is 3. The minimum atomic E-state index is 0.0441. The van der Waals surface area contributed by atoms with Crippen molar-refractivity contribution in [1.82, 2.24) is 0 Å². The second-order valence-corrected chi connectivity index (χ2v) is 5.14. The molecule has 1 saturated heterocycles. The predicted molar refractivity (Wildman–Crippen MR) is 70.8 cm³/mol. The van der Waals surface area contributed by atoms with E-state index in [4.69, 9.17) is 9.47 Å². The molecule has 1 aliphatic heterocycles. The maximum atomic E-state index is 12.2. The van der Waals surface area contributed by atoms with Crippen LogP contribution >= 0.6 is 0 Å². The highest BCUT2D eigenvalue weighted by molar-refractivity contribution is 6.14. The van der Waals surface area contributed by atoms with E-state index in [0.717, 1.165) is 36.1 Å². The summed E-state index contributed by atoms with van der Waals surface area (Å²) in [5.41, 5.74) is 4.21. The summed E-state index contributed by atoms with van der Waals surface area (Å²) in [6.07, 6.45) is 6.00. The van der Waals surface area contributed by atoms with Crippen LogP contribution in [0.15, 0.2) is 36.1 Å². The number of epoxide rings is 1. The summed E-state index contributed by atoms with van der Waals surface area (Å²) in [5, 5.41) is 0. The highest BCUT2D eigenvalue weighted by atomic mass is 16.6. The molecule has 3 aliphatic rings. The Morgan fingerprint density at radius 3 is 3.11 bits per heavy atom. The van der Waals surface area contributed by atoms with Gasteiger partial charge in [-0.15, -0.1) is 0 Å². The van der Waals surface area contributed by atoms with Gasteiger partial charge in [0.05, 0.1) is 6.61 Å². The van der Waals surface area contributed by atoms with Crippen LogP contribution in [0, 0.1) is 0 Å². The first-order valence-corrected chi connectivity index (χ1v) is 6.66. The zero-order chi connectivity index (χ0) is 12.8. The molecule has 1 heterocycles. The Morgan fingerprint density at radius 1 is 1.37 bits per heavy atom. The number of aryl methyl sites for hydroxylation is 1. The minimum absolute atomic E-state index is 0.0441. The first-order chi connectivity index (χ1) is 9.33. The highest BCUT2D eigenvalue weighted by Gasteiger charge is 2.29. The van der Waals surface area contributed by atoms with Crippen molar-refractivity contribution in [3.63, 3.8) is 0 Å². The van der Waals surface area contributed by atoms with E-state index >= 15 is 0 Å². The monoisotopic (exact) mass is 254 g/mol. The third-order valence-corrected chi connectivity index (χ3v) is 3.80. The minimum Gasteiger partial charge on any atom is -0.490 e. The number of rotatable bonds is 3. The summed E-state index contributed by atoms with van der Waals surface area (Å²) >= 11 is 0. The molecule has 96 valence electrons. The number of hydrogen-bond donors (Lipinski definition) is 0. The van der Waals surface area contributed by atoms with Gasteiger partial charge in [0.1, 0.15) is 18.5 Å². The molecule has 3 heteroatoms.